The third kappa shape index (κ3) is 40.0. The lowest BCUT2D eigenvalue weighted by Gasteiger charge is -2.27. The number of nitrogens with one attached hydrogen (secondary N) is 6. The van der Waals surface area contributed by atoms with Crippen LogP contribution in [0.1, 0.15) is 102 Å². The van der Waals surface area contributed by atoms with Crippen LogP contribution in [0.2, 0.25) is 0 Å². The van der Waals surface area contributed by atoms with Crippen LogP contribution in [0.3, 0.4) is 0 Å². The molecular weight excluding hydrogens is 1320 g/mol. The van der Waals surface area contributed by atoms with Crippen molar-refractivity contribution in [3.8, 4) is 0 Å². The highest BCUT2D eigenvalue weighted by Crippen LogP contribution is 2.11. The lowest BCUT2D eigenvalue weighted by molar-refractivity contribution is -0.135. The van der Waals surface area contributed by atoms with E-state index in [1.807, 2.05) is 48.5 Å². The molecule has 0 aliphatic rings. The summed E-state index contributed by atoms with van der Waals surface area (Å²) in [5, 5.41) is 16.3. The standard InChI is InChI=1S/C66H114N24O12/c1-46(91)78-29-39-86(60(98)49(68)16-8-9-25-67)34-21-56(94)80-30-40-87(61(99)50(69)17-10-26-84-65(74)75)35-23-58(96)83-33-43-90(64(102)53(72)45-48-14-6-3-7-15-48)38-24-59(97)81-31-41-88(62(100)51(70)18-11-27-85-66(76)77)36-22-57(95)82-32-42-89(37-20-55(93)79-28-19-54(73)92)63(101)52(71)44-47-12-4-2-5-13-47/h2-7,12-15,49-53H,8-11,16-45,67-72H2,1H3,(H2,73,92)(H,78,91)(H,79,93)(H,80,94)(H,81,97)(H,82,95)(H,83,96)(H4,74,75,84)(H4,76,77,85)/t49-,50-,51-,52-,53-/m0/s1. The fourth-order valence-corrected chi connectivity index (χ4v) is 10.3. The van der Waals surface area contributed by atoms with E-state index in [0.717, 1.165) is 11.1 Å². The summed E-state index contributed by atoms with van der Waals surface area (Å²) in [5.41, 5.74) is 65.9. The number of hydrogen-bond donors (Lipinski definition) is 17. The monoisotopic (exact) mass is 1430 g/mol. The molecule has 12 amide bonds. The molecule has 0 saturated carbocycles. The van der Waals surface area contributed by atoms with Gasteiger partial charge < -0.3 is 119 Å². The zero-order chi connectivity index (χ0) is 75.8. The van der Waals surface area contributed by atoms with Crippen molar-refractivity contribution < 1.29 is 57.5 Å². The number of guanidine groups is 2. The Balaban J connectivity index is 2.21. The van der Waals surface area contributed by atoms with E-state index in [-0.39, 0.29) is 206 Å². The van der Waals surface area contributed by atoms with Crippen LogP contribution in [-0.4, -0.2) is 262 Å². The van der Waals surface area contributed by atoms with Crippen LogP contribution in [0.5, 0.6) is 0 Å². The number of aliphatic imine (C=N–C) groups is 2. The van der Waals surface area contributed by atoms with E-state index in [9.17, 15) is 57.5 Å². The summed E-state index contributed by atoms with van der Waals surface area (Å²) in [6.45, 7) is 1.36. The van der Waals surface area contributed by atoms with E-state index in [1.54, 1.807) is 12.1 Å². The minimum absolute atomic E-state index is 0.0102. The molecule has 570 valence electrons. The highest BCUT2D eigenvalue weighted by Gasteiger charge is 2.28. The Bertz CT molecular complexity index is 2980. The topological polar surface area (TPSA) is 604 Å². The maximum absolute atomic E-state index is 14.1. The normalized spacial score (nSPS) is 12.3. The first kappa shape index (κ1) is 88.5. The highest BCUT2D eigenvalue weighted by atomic mass is 16.2. The van der Waals surface area contributed by atoms with Gasteiger partial charge in [-0.2, -0.15) is 0 Å². The third-order valence-corrected chi connectivity index (χ3v) is 16.0. The van der Waals surface area contributed by atoms with Crippen LogP contribution in [0.25, 0.3) is 0 Å². The number of nitrogens with zero attached hydrogens (tertiary/aromatic N) is 7. The SMILES string of the molecule is CC(=O)NCCN(CCC(=O)NCCN(CCC(=O)NCCN(CCC(=O)NCCN(CCC(=O)NCCN(CCC(=O)NCCC(N)=O)C(=O)[C@@H](N)Cc1ccccc1)C(=O)[C@@H](N)CCCN=C(N)N)C(=O)[C@@H](N)Cc1ccccc1)C(=O)[C@@H](N)CCCN=C(N)N)C(=O)[C@@H](N)CCCCN. The quantitative estimate of drug-likeness (QED) is 0.0166. The van der Waals surface area contributed by atoms with Gasteiger partial charge in [0, 0.05) is 163 Å². The average Bonchev–Trinajstić information content (AvgIpc) is 0.905. The van der Waals surface area contributed by atoms with Crippen LogP contribution in [0, 0.1) is 0 Å². The molecule has 0 radical (unpaired) electrons. The molecule has 0 aliphatic carbocycles. The first-order chi connectivity index (χ1) is 48.6. The molecule has 5 atom stereocenters. The largest absolute Gasteiger partial charge is 0.370 e. The van der Waals surface area contributed by atoms with Crippen LogP contribution >= 0.6 is 0 Å². The van der Waals surface area contributed by atoms with Crippen molar-refractivity contribution in [3.63, 3.8) is 0 Å². The van der Waals surface area contributed by atoms with Gasteiger partial charge in [-0.1, -0.05) is 67.1 Å². The Labute approximate surface area is 597 Å². The molecule has 36 heteroatoms. The van der Waals surface area contributed by atoms with Gasteiger partial charge in [0.1, 0.15) is 0 Å². The number of amides is 12. The molecule has 2 rings (SSSR count). The van der Waals surface area contributed by atoms with Crippen molar-refractivity contribution in [2.45, 2.75) is 133 Å². The molecule has 28 N–H and O–H groups in total. The molecule has 2 aromatic carbocycles. The van der Waals surface area contributed by atoms with Crippen molar-refractivity contribution in [3.05, 3.63) is 71.8 Å². The predicted octanol–water partition coefficient (Wildman–Crippen LogP) is -6.97. The van der Waals surface area contributed by atoms with Gasteiger partial charge in [-0.15, -0.1) is 0 Å². The van der Waals surface area contributed by atoms with Crippen LogP contribution in [0.4, 0.5) is 0 Å². The molecule has 0 spiro atoms. The van der Waals surface area contributed by atoms with Crippen molar-refractivity contribution in [1.82, 2.24) is 56.4 Å². The van der Waals surface area contributed by atoms with Crippen molar-refractivity contribution in [1.29, 1.82) is 0 Å². The maximum atomic E-state index is 14.1. The number of carbonyl (C=O) groups is 12. The molecular formula is C66H114N24O12. The summed E-state index contributed by atoms with van der Waals surface area (Å²) in [7, 11) is 0. The number of primary amides is 1. The second-order valence-corrected chi connectivity index (χ2v) is 24.4. The van der Waals surface area contributed by atoms with Gasteiger partial charge >= 0.3 is 0 Å². The van der Waals surface area contributed by atoms with E-state index < -0.39 is 89.3 Å². The lowest BCUT2D eigenvalue weighted by Crippen LogP contribution is -2.50. The number of unbranched alkanes of at least 4 members (excludes halogenated alkanes) is 1. The van der Waals surface area contributed by atoms with E-state index >= 15 is 0 Å². The minimum atomic E-state index is -1.05. The van der Waals surface area contributed by atoms with Crippen molar-refractivity contribution in [2.24, 2.45) is 73.1 Å². The smallest absolute Gasteiger partial charge is 0.239 e. The molecule has 2 aromatic rings. The molecule has 0 aromatic heterocycles. The Morgan fingerprint density at radius 1 is 0.353 bits per heavy atom. The highest BCUT2D eigenvalue weighted by molar-refractivity contribution is 5.87. The first-order valence-electron chi connectivity index (χ1n) is 34.6. The second kappa shape index (κ2) is 51.5. The zero-order valence-electron chi connectivity index (χ0n) is 59.1. The molecule has 0 fully saturated rings. The van der Waals surface area contributed by atoms with Gasteiger partial charge in [0.15, 0.2) is 11.9 Å². The molecule has 36 nitrogen and oxygen atoms in total. The Morgan fingerprint density at radius 2 is 0.627 bits per heavy atom. The maximum Gasteiger partial charge on any atom is 0.239 e. The first-order valence-corrected chi connectivity index (χ1v) is 34.6. The Kier molecular flexibility index (Phi) is 44.7. The number of benzene rings is 2. The number of rotatable bonds is 54. The van der Waals surface area contributed by atoms with Crippen molar-refractivity contribution in [2.75, 3.05) is 124 Å². The van der Waals surface area contributed by atoms with Gasteiger partial charge in [-0.05, 0) is 69.0 Å². The molecule has 0 bridgehead atoms. The van der Waals surface area contributed by atoms with Gasteiger partial charge in [-0.25, -0.2) is 0 Å². The van der Waals surface area contributed by atoms with Crippen molar-refractivity contribution >= 4 is 82.8 Å². The molecule has 0 unspecified atom stereocenters. The second-order valence-electron chi connectivity index (χ2n) is 24.4. The summed E-state index contributed by atoms with van der Waals surface area (Å²) in [6, 6.07) is 13.2. The van der Waals surface area contributed by atoms with E-state index in [1.165, 1.54) is 31.4 Å². The lowest BCUT2D eigenvalue weighted by atomic mass is 10.1. The van der Waals surface area contributed by atoms with Crippen LogP contribution in [-0.2, 0) is 70.4 Å². The van der Waals surface area contributed by atoms with Crippen LogP contribution in [0.15, 0.2) is 70.6 Å². The molecule has 0 heterocycles. The minimum Gasteiger partial charge on any atom is -0.370 e. The van der Waals surface area contributed by atoms with E-state index in [0.29, 0.717) is 38.6 Å². The predicted molar refractivity (Wildman–Crippen MR) is 386 cm³/mol. The van der Waals surface area contributed by atoms with Gasteiger partial charge in [0.05, 0.1) is 30.2 Å². The average molecular weight is 1440 g/mol. The van der Waals surface area contributed by atoms with Crippen LogP contribution < -0.4 is 95.0 Å². The fourth-order valence-electron chi connectivity index (χ4n) is 10.3. The summed E-state index contributed by atoms with van der Waals surface area (Å²) < 4.78 is 0. The molecule has 0 saturated heterocycles. The zero-order valence-corrected chi connectivity index (χ0v) is 59.1. The third-order valence-electron chi connectivity index (χ3n) is 16.0. The Morgan fingerprint density at radius 3 is 0.902 bits per heavy atom. The summed E-state index contributed by atoms with van der Waals surface area (Å²) in [4.78, 5) is 173. The summed E-state index contributed by atoms with van der Waals surface area (Å²) >= 11 is 0. The van der Waals surface area contributed by atoms with E-state index in [2.05, 4.69) is 41.9 Å². The summed E-state index contributed by atoms with van der Waals surface area (Å²) in [5.74, 6) is -6.00. The molecule has 0 aliphatic heterocycles. The molecule has 102 heavy (non-hydrogen) atoms. The van der Waals surface area contributed by atoms with Gasteiger partial charge in [-0.3, -0.25) is 67.5 Å². The van der Waals surface area contributed by atoms with Gasteiger partial charge in [0.2, 0.25) is 70.9 Å². The summed E-state index contributed by atoms with van der Waals surface area (Å²) in [6.07, 6.45) is 2.08. The van der Waals surface area contributed by atoms with Gasteiger partial charge in [0.25, 0.3) is 0 Å². The number of hydrogen-bond acceptors (Lipinski definition) is 20. The Hall–Kier alpha value is -9.62. The fraction of sp³-hybridized carbons (Fsp3) is 0.606. The number of carbonyl (C=O) groups excluding carboxylic acids is 12. The van der Waals surface area contributed by atoms with E-state index in [4.69, 9.17) is 63.1 Å². The number of nitrogens with two attached hydrogens (primary N) is 11.